The minimum atomic E-state index is 0.401. The van der Waals surface area contributed by atoms with E-state index in [-0.39, 0.29) is 0 Å². The molecule has 7 nitrogen and oxygen atoms in total. The number of nitrogens with zero attached hydrogens (tertiary/aromatic N) is 5. The minimum absolute atomic E-state index is 0.401. The molecule has 0 bridgehead atoms. The van der Waals surface area contributed by atoms with E-state index < -0.39 is 0 Å². The van der Waals surface area contributed by atoms with Gasteiger partial charge in [-0.3, -0.25) is 9.98 Å². The quantitative estimate of drug-likeness (QED) is 0.711. The number of aliphatic imine (C=N–C) groups is 1. The minimum Gasteiger partial charge on any atom is -0.381 e. The maximum absolute atomic E-state index is 5.60. The maximum Gasteiger partial charge on any atom is 0.154 e. The number of fused-ring (bicyclic) bond motifs is 2. The summed E-state index contributed by atoms with van der Waals surface area (Å²) in [4.78, 5) is 20.6. The van der Waals surface area contributed by atoms with Gasteiger partial charge in [-0.1, -0.05) is 0 Å². The van der Waals surface area contributed by atoms with Crippen LogP contribution in [0, 0.1) is 5.41 Å². The molecule has 0 radical (unpaired) electrons. The summed E-state index contributed by atoms with van der Waals surface area (Å²) < 4.78 is 5.60. The normalized spacial score (nSPS) is 19.9. The zero-order valence-corrected chi connectivity index (χ0v) is 16.8. The number of pyridine rings is 1. The Labute approximate surface area is 175 Å². The van der Waals surface area contributed by atoms with Gasteiger partial charge in [-0.2, -0.15) is 0 Å². The molecule has 7 heteroatoms. The van der Waals surface area contributed by atoms with E-state index in [2.05, 4.69) is 49.4 Å². The Hall–Kier alpha value is -3.06. The molecule has 2 fully saturated rings. The molecule has 3 aromatic rings. The van der Waals surface area contributed by atoms with Gasteiger partial charge in [-0.15, -0.1) is 0 Å². The SMILES string of the molecule is c1cnc2c(n1)CN=C2Nc1ccc2c(N3CCC4(CCOCC4)C3)nccc2c1. The van der Waals surface area contributed by atoms with E-state index in [4.69, 9.17) is 9.72 Å². The topological polar surface area (TPSA) is 75.5 Å². The van der Waals surface area contributed by atoms with Crippen molar-refractivity contribution in [2.24, 2.45) is 10.4 Å². The smallest absolute Gasteiger partial charge is 0.154 e. The Bertz CT molecular complexity index is 1140. The molecule has 1 spiro atoms. The second-order valence-electron chi connectivity index (χ2n) is 8.50. The van der Waals surface area contributed by atoms with Crippen LogP contribution in [-0.2, 0) is 11.3 Å². The molecule has 30 heavy (non-hydrogen) atoms. The van der Waals surface area contributed by atoms with Gasteiger partial charge in [0.1, 0.15) is 11.5 Å². The number of hydrogen-bond donors (Lipinski definition) is 1. The first kappa shape index (κ1) is 17.8. The Kier molecular flexibility index (Phi) is 4.16. The van der Waals surface area contributed by atoms with Gasteiger partial charge in [0.05, 0.1) is 12.2 Å². The van der Waals surface area contributed by atoms with Crippen LogP contribution in [0.4, 0.5) is 11.5 Å². The first-order chi connectivity index (χ1) is 14.8. The predicted molar refractivity (Wildman–Crippen MR) is 117 cm³/mol. The van der Waals surface area contributed by atoms with E-state index in [1.54, 1.807) is 12.4 Å². The molecule has 3 aliphatic heterocycles. The van der Waals surface area contributed by atoms with E-state index in [0.717, 1.165) is 67.9 Å². The number of nitrogens with one attached hydrogen (secondary N) is 1. The van der Waals surface area contributed by atoms with Crippen molar-refractivity contribution in [3.63, 3.8) is 0 Å². The van der Waals surface area contributed by atoms with Gasteiger partial charge in [-0.05, 0) is 54.3 Å². The molecule has 0 saturated carbocycles. The van der Waals surface area contributed by atoms with Gasteiger partial charge in [-0.25, -0.2) is 9.97 Å². The molecule has 0 unspecified atom stereocenters. The Morgan fingerprint density at radius 1 is 0.967 bits per heavy atom. The third kappa shape index (κ3) is 3.01. The van der Waals surface area contributed by atoms with Crippen LogP contribution in [0.1, 0.15) is 30.7 Å². The lowest BCUT2D eigenvalue weighted by Gasteiger charge is -2.33. The fourth-order valence-corrected chi connectivity index (χ4v) is 4.96. The number of hydrogen-bond acceptors (Lipinski definition) is 7. The molecule has 0 atom stereocenters. The van der Waals surface area contributed by atoms with E-state index in [0.29, 0.717) is 12.0 Å². The fourth-order valence-electron chi connectivity index (χ4n) is 4.96. The third-order valence-electron chi connectivity index (χ3n) is 6.68. The van der Waals surface area contributed by atoms with Crippen molar-refractivity contribution in [2.45, 2.75) is 25.8 Å². The molecule has 0 aliphatic carbocycles. The van der Waals surface area contributed by atoms with Gasteiger partial charge in [0.15, 0.2) is 5.84 Å². The molecule has 2 aromatic heterocycles. The van der Waals surface area contributed by atoms with Crippen LogP contribution in [0.25, 0.3) is 10.8 Å². The Morgan fingerprint density at radius 2 is 1.87 bits per heavy atom. The van der Waals surface area contributed by atoms with Crippen molar-refractivity contribution in [1.82, 2.24) is 15.0 Å². The highest BCUT2D eigenvalue weighted by Gasteiger charge is 2.40. The highest BCUT2D eigenvalue weighted by molar-refractivity contribution is 6.10. The van der Waals surface area contributed by atoms with E-state index in [1.165, 1.54) is 17.2 Å². The summed E-state index contributed by atoms with van der Waals surface area (Å²) in [7, 11) is 0. The Balaban J connectivity index is 1.27. The van der Waals surface area contributed by atoms with E-state index >= 15 is 0 Å². The molecular weight excluding hydrogens is 376 g/mol. The van der Waals surface area contributed by atoms with E-state index in [1.807, 2.05) is 6.20 Å². The molecule has 5 heterocycles. The number of rotatable bonds is 2. The molecule has 1 aromatic carbocycles. The molecule has 0 amide bonds. The van der Waals surface area contributed by atoms with Crippen molar-refractivity contribution in [2.75, 3.05) is 36.5 Å². The standard InChI is InChI=1S/C23H24N6O/c1-2-18-16(13-17(1)28-21-20-19(14-27-21)24-8-9-25-20)3-7-26-22(18)29-10-4-23(15-29)5-11-30-12-6-23/h1-3,7-9,13H,4-6,10-12,14-15H2,(H,27,28). The molecule has 152 valence electrons. The van der Waals surface area contributed by atoms with Crippen LogP contribution in [0.2, 0.25) is 0 Å². The monoisotopic (exact) mass is 400 g/mol. The molecule has 2 saturated heterocycles. The summed E-state index contributed by atoms with van der Waals surface area (Å²) in [5.74, 6) is 1.88. The number of aromatic nitrogens is 3. The summed E-state index contributed by atoms with van der Waals surface area (Å²) in [6.07, 6.45) is 8.90. The second-order valence-corrected chi connectivity index (χ2v) is 8.50. The van der Waals surface area contributed by atoms with Crippen molar-refractivity contribution in [3.8, 4) is 0 Å². The largest absolute Gasteiger partial charge is 0.381 e. The van der Waals surface area contributed by atoms with Gasteiger partial charge < -0.3 is 15.0 Å². The predicted octanol–water partition coefficient (Wildman–Crippen LogP) is 3.40. The summed E-state index contributed by atoms with van der Waals surface area (Å²) >= 11 is 0. The number of benzene rings is 1. The Morgan fingerprint density at radius 3 is 2.80 bits per heavy atom. The van der Waals surface area contributed by atoms with Crippen molar-refractivity contribution in [3.05, 3.63) is 54.2 Å². The van der Waals surface area contributed by atoms with Gasteiger partial charge in [0.25, 0.3) is 0 Å². The molecule has 3 aliphatic rings. The van der Waals surface area contributed by atoms with Crippen LogP contribution >= 0.6 is 0 Å². The van der Waals surface area contributed by atoms with Crippen LogP contribution in [0.5, 0.6) is 0 Å². The number of anilines is 2. The second kappa shape index (κ2) is 7.02. The number of ether oxygens (including phenoxy) is 1. The van der Waals surface area contributed by atoms with E-state index in [9.17, 15) is 0 Å². The van der Waals surface area contributed by atoms with Crippen LogP contribution in [-0.4, -0.2) is 47.1 Å². The highest BCUT2D eigenvalue weighted by Crippen LogP contribution is 2.42. The maximum atomic E-state index is 5.60. The molecule has 6 rings (SSSR count). The lowest BCUT2D eigenvalue weighted by atomic mass is 9.80. The van der Waals surface area contributed by atoms with Crippen LogP contribution < -0.4 is 10.2 Å². The molecular formula is C23H24N6O. The lowest BCUT2D eigenvalue weighted by Crippen LogP contribution is -2.33. The van der Waals surface area contributed by atoms with Gasteiger partial charge in [0.2, 0.25) is 0 Å². The third-order valence-corrected chi connectivity index (χ3v) is 6.68. The zero-order chi connectivity index (χ0) is 20.0. The van der Waals surface area contributed by atoms with Crippen LogP contribution in [0.3, 0.4) is 0 Å². The van der Waals surface area contributed by atoms with Crippen molar-refractivity contribution >= 4 is 28.1 Å². The van der Waals surface area contributed by atoms with Gasteiger partial charge in [0, 0.05) is 56.0 Å². The van der Waals surface area contributed by atoms with Crippen molar-refractivity contribution < 1.29 is 4.74 Å². The fraction of sp³-hybridized carbons (Fsp3) is 0.391. The summed E-state index contributed by atoms with van der Waals surface area (Å²) in [5, 5.41) is 5.80. The average Bonchev–Trinajstić information content (AvgIpc) is 3.38. The average molecular weight is 400 g/mol. The first-order valence-corrected chi connectivity index (χ1v) is 10.6. The summed E-state index contributed by atoms with van der Waals surface area (Å²) in [6, 6.07) is 8.51. The first-order valence-electron chi connectivity index (χ1n) is 10.6. The zero-order valence-electron chi connectivity index (χ0n) is 16.8. The highest BCUT2D eigenvalue weighted by atomic mass is 16.5. The summed E-state index contributed by atoms with van der Waals surface area (Å²) in [5.41, 5.74) is 3.16. The van der Waals surface area contributed by atoms with Crippen LogP contribution in [0.15, 0.2) is 47.8 Å². The molecule has 1 N–H and O–H groups in total. The van der Waals surface area contributed by atoms with Crippen molar-refractivity contribution in [1.29, 1.82) is 0 Å². The lowest BCUT2D eigenvalue weighted by molar-refractivity contribution is 0.0254. The van der Waals surface area contributed by atoms with Gasteiger partial charge >= 0.3 is 0 Å². The summed E-state index contributed by atoms with van der Waals surface area (Å²) in [6.45, 7) is 4.51. The number of amidine groups is 1.